The normalized spacial score (nSPS) is 12.5. The topological polar surface area (TPSA) is 47.3 Å². The van der Waals surface area contributed by atoms with E-state index in [1.807, 2.05) is 0 Å². The second-order valence-electron chi connectivity index (χ2n) is 4.40. The van der Waals surface area contributed by atoms with Gasteiger partial charge in [-0.2, -0.15) is 0 Å². The maximum Gasteiger partial charge on any atom is 0.126 e. The van der Waals surface area contributed by atoms with E-state index >= 15 is 0 Å². The highest BCUT2D eigenvalue weighted by Crippen LogP contribution is 2.22. The lowest BCUT2D eigenvalue weighted by molar-refractivity contribution is 0.404. The fraction of sp³-hybridized carbons (Fsp3) is 0.571. The van der Waals surface area contributed by atoms with Crippen molar-refractivity contribution in [2.24, 2.45) is 5.73 Å². The predicted octanol–water partition coefficient (Wildman–Crippen LogP) is 2.22. The Hall–Kier alpha value is -1.06. The van der Waals surface area contributed by atoms with Crippen LogP contribution in [0.15, 0.2) is 18.2 Å². The standard InChI is InChI=1S/C14H24N2O/c1-4-13(15)8-9-16-10-12-7-5-6-11(2)14(12)17-3/h5-7,13,16H,4,8-10,15H2,1-3H3. The Kier molecular flexibility index (Phi) is 6.01. The number of hydrogen-bond acceptors (Lipinski definition) is 3. The fourth-order valence-electron chi connectivity index (χ4n) is 1.86. The van der Waals surface area contributed by atoms with Crippen LogP contribution < -0.4 is 15.8 Å². The summed E-state index contributed by atoms with van der Waals surface area (Å²) in [4.78, 5) is 0. The Morgan fingerprint density at radius 3 is 2.82 bits per heavy atom. The lowest BCUT2D eigenvalue weighted by Gasteiger charge is -2.13. The SMILES string of the molecule is CCC(N)CCNCc1cccc(C)c1OC. The maximum absolute atomic E-state index is 5.87. The van der Waals surface area contributed by atoms with E-state index in [4.69, 9.17) is 10.5 Å². The van der Waals surface area contributed by atoms with Gasteiger partial charge in [-0.15, -0.1) is 0 Å². The van der Waals surface area contributed by atoms with Crippen molar-refractivity contribution in [1.29, 1.82) is 0 Å². The van der Waals surface area contributed by atoms with Gasteiger partial charge in [-0.05, 0) is 31.9 Å². The molecule has 0 aliphatic heterocycles. The highest BCUT2D eigenvalue weighted by atomic mass is 16.5. The Labute approximate surface area is 104 Å². The van der Waals surface area contributed by atoms with E-state index < -0.39 is 0 Å². The van der Waals surface area contributed by atoms with Crippen molar-refractivity contribution in [2.75, 3.05) is 13.7 Å². The number of nitrogens with two attached hydrogens (primary N) is 1. The Morgan fingerprint density at radius 2 is 2.18 bits per heavy atom. The first-order valence-corrected chi connectivity index (χ1v) is 6.27. The van der Waals surface area contributed by atoms with E-state index in [-0.39, 0.29) is 0 Å². The van der Waals surface area contributed by atoms with Gasteiger partial charge in [0.1, 0.15) is 5.75 Å². The fourth-order valence-corrected chi connectivity index (χ4v) is 1.86. The highest BCUT2D eigenvalue weighted by Gasteiger charge is 2.05. The van der Waals surface area contributed by atoms with Crippen LogP contribution in [0, 0.1) is 6.92 Å². The van der Waals surface area contributed by atoms with E-state index in [9.17, 15) is 0 Å². The number of rotatable bonds is 7. The monoisotopic (exact) mass is 236 g/mol. The number of methoxy groups -OCH3 is 1. The van der Waals surface area contributed by atoms with Crippen LogP contribution in [0.4, 0.5) is 0 Å². The van der Waals surface area contributed by atoms with Crippen molar-refractivity contribution < 1.29 is 4.74 Å². The molecule has 0 aliphatic carbocycles. The molecule has 0 aliphatic rings. The quantitative estimate of drug-likeness (QED) is 0.714. The van der Waals surface area contributed by atoms with Crippen molar-refractivity contribution in [1.82, 2.24) is 5.32 Å². The van der Waals surface area contributed by atoms with Gasteiger partial charge in [-0.25, -0.2) is 0 Å². The first-order chi connectivity index (χ1) is 8.19. The molecule has 0 fully saturated rings. The first kappa shape index (κ1) is 14.0. The first-order valence-electron chi connectivity index (χ1n) is 6.27. The van der Waals surface area contributed by atoms with E-state index in [1.165, 1.54) is 11.1 Å². The summed E-state index contributed by atoms with van der Waals surface area (Å²) in [6.07, 6.45) is 2.06. The minimum absolute atomic E-state index is 0.307. The molecular weight excluding hydrogens is 212 g/mol. The third-order valence-corrected chi connectivity index (χ3v) is 3.03. The average Bonchev–Trinajstić information content (AvgIpc) is 2.34. The van der Waals surface area contributed by atoms with Gasteiger partial charge < -0.3 is 15.8 Å². The van der Waals surface area contributed by atoms with E-state index in [2.05, 4.69) is 37.4 Å². The zero-order chi connectivity index (χ0) is 12.7. The molecular formula is C14H24N2O. The van der Waals surface area contributed by atoms with Crippen LogP contribution in [0.5, 0.6) is 5.75 Å². The van der Waals surface area contributed by atoms with Gasteiger partial charge in [-0.1, -0.05) is 25.1 Å². The molecule has 0 spiro atoms. The molecule has 0 amide bonds. The molecule has 3 nitrogen and oxygen atoms in total. The second-order valence-corrected chi connectivity index (χ2v) is 4.40. The summed E-state index contributed by atoms with van der Waals surface area (Å²) < 4.78 is 5.41. The van der Waals surface area contributed by atoms with Crippen LogP contribution >= 0.6 is 0 Å². The number of hydrogen-bond donors (Lipinski definition) is 2. The number of nitrogens with one attached hydrogen (secondary N) is 1. The molecule has 0 saturated carbocycles. The van der Waals surface area contributed by atoms with Crippen LogP contribution in [0.3, 0.4) is 0 Å². The zero-order valence-electron chi connectivity index (χ0n) is 11.1. The molecule has 17 heavy (non-hydrogen) atoms. The summed E-state index contributed by atoms with van der Waals surface area (Å²) in [6.45, 7) is 5.97. The summed E-state index contributed by atoms with van der Waals surface area (Å²) in [5, 5.41) is 3.41. The summed E-state index contributed by atoms with van der Waals surface area (Å²) in [7, 11) is 1.72. The average molecular weight is 236 g/mol. The number of aryl methyl sites for hydroxylation is 1. The Bertz CT molecular complexity index is 339. The van der Waals surface area contributed by atoms with Crippen molar-refractivity contribution >= 4 is 0 Å². The molecule has 0 saturated heterocycles. The summed E-state index contributed by atoms with van der Waals surface area (Å²) in [6, 6.07) is 6.53. The van der Waals surface area contributed by atoms with E-state index in [0.717, 1.165) is 31.7 Å². The smallest absolute Gasteiger partial charge is 0.126 e. The van der Waals surface area contributed by atoms with Gasteiger partial charge in [0.05, 0.1) is 7.11 Å². The third-order valence-electron chi connectivity index (χ3n) is 3.03. The maximum atomic E-state index is 5.87. The van der Waals surface area contributed by atoms with Gasteiger partial charge in [0.15, 0.2) is 0 Å². The molecule has 96 valence electrons. The van der Waals surface area contributed by atoms with Crippen molar-refractivity contribution in [3.05, 3.63) is 29.3 Å². The summed E-state index contributed by atoms with van der Waals surface area (Å²) in [5.41, 5.74) is 8.25. The van der Waals surface area contributed by atoms with Crippen LogP contribution in [0.2, 0.25) is 0 Å². The van der Waals surface area contributed by atoms with E-state index in [0.29, 0.717) is 6.04 Å². The Balaban J connectivity index is 2.44. The van der Waals surface area contributed by atoms with Crippen LogP contribution in [0.1, 0.15) is 30.9 Å². The molecule has 0 aromatic heterocycles. The molecule has 1 aromatic rings. The van der Waals surface area contributed by atoms with Crippen LogP contribution in [-0.2, 0) is 6.54 Å². The van der Waals surface area contributed by atoms with Crippen molar-refractivity contribution in [3.8, 4) is 5.75 Å². The van der Waals surface area contributed by atoms with Gasteiger partial charge in [0.2, 0.25) is 0 Å². The molecule has 1 unspecified atom stereocenters. The predicted molar refractivity (Wildman–Crippen MR) is 72.3 cm³/mol. The lowest BCUT2D eigenvalue weighted by atomic mass is 10.1. The van der Waals surface area contributed by atoms with Crippen molar-refractivity contribution in [3.63, 3.8) is 0 Å². The highest BCUT2D eigenvalue weighted by molar-refractivity contribution is 5.40. The van der Waals surface area contributed by atoms with Gasteiger partial charge >= 0.3 is 0 Å². The minimum Gasteiger partial charge on any atom is -0.496 e. The van der Waals surface area contributed by atoms with Gasteiger partial charge in [-0.3, -0.25) is 0 Å². The lowest BCUT2D eigenvalue weighted by Crippen LogP contribution is -2.25. The Morgan fingerprint density at radius 1 is 1.41 bits per heavy atom. The molecule has 3 heteroatoms. The minimum atomic E-state index is 0.307. The molecule has 1 aromatic carbocycles. The largest absolute Gasteiger partial charge is 0.496 e. The zero-order valence-corrected chi connectivity index (χ0v) is 11.1. The van der Waals surface area contributed by atoms with E-state index in [1.54, 1.807) is 7.11 Å². The number of para-hydroxylation sites is 1. The summed E-state index contributed by atoms with van der Waals surface area (Å²) in [5.74, 6) is 0.986. The molecule has 1 rings (SSSR count). The van der Waals surface area contributed by atoms with Crippen molar-refractivity contribution in [2.45, 2.75) is 39.3 Å². The van der Waals surface area contributed by atoms with Gasteiger partial charge in [0, 0.05) is 18.2 Å². The molecule has 0 heterocycles. The van der Waals surface area contributed by atoms with Crippen LogP contribution in [0.25, 0.3) is 0 Å². The summed E-state index contributed by atoms with van der Waals surface area (Å²) >= 11 is 0. The second kappa shape index (κ2) is 7.30. The molecule has 0 bridgehead atoms. The molecule has 1 atom stereocenters. The molecule has 0 radical (unpaired) electrons. The van der Waals surface area contributed by atoms with Gasteiger partial charge in [0.25, 0.3) is 0 Å². The third kappa shape index (κ3) is 4.36. The number of benzene rings is 1. The van der Waals surface area contributed by atoms with Crippen LogP contribution in [-0.4, -0.2) is 19.7 Å². The molecule has 3 N–H and O–H groups in total. The number of ether oxygens (including phenoxy) is 1.